The molecule has 1 aliphatic carbocycles. The third kappa shape index (κ3) is 4.74. The van der Waals surface area contributed by atoms with Crippen molar-refractivity contribution in [2.45, 2.75) is 32.2 Å². The van der Waals surface area contributed by atoms with Crippen molar-refractivity contribution in [1.29, 1.82) is 0 Å². The molecule has 0 N–H and O–H groups in total. The smallest absolute Gasteiger partial charge is 0.137 e. The number of Topliss-reactive ketones (excluding diaryl/α,β-unsaturated/α-hetero) is 1. The quantitative estimate of drug-likeness (QED) is 0.645. The fourth-order valence-electron chi connectivity index (χ4n) is 2.41. The third-order valence-electron chi connectivity index (χ3n) is 3.50. The summed E-state index contributed by atoms with van der Waals surface area (Å²) in [4.78, 5) is 14.0. The Bertz CT molecular complexity index is 233. The van der Waals surface area contributed by atoms with Crippen molar-refractivity contribution in [3.05, 3.63) is 0 Å². The summed E-state index contributed by atoms with van der Waals surface area (Å²) < 4.78 is 10.3. The van der Waals surface area contributed by atoms with Gasteiger partial charge in [-0.3, -0.25) is 9.69 Å². The van der Waals surface area contributed by atoms with Crippen LogP contribution in [0.5, 0.6) is 0 Å². The zero-order chi connectivity index (χ0) is 12.7. The maximum Gasteiger partial charge on any atom is 0.137 e. The number of hydrogen-bond acceptors (Lipinski definition) is 4. The van der Waals surface area contributed by atoms with Crippen LogP contribution in [0.1, 0.15) is 26.2 Å². The first-order chi connectivity index (χ1) is 8.19. The summed E-state index contributed by atoms with van der Waals surface area (Å²) in [5.41, 5.74) is 0. The minimum Gasteiger partial charge on any atom is -0.383 e. The first-order valence-corrected chi connectivity index (χ1v) is 6.43. The Balaban J connectivity index is 2.46. The van der Waals surface area contributed by atoms with E-state index in [2.05, 4.69) is 11.8 Å². The van der Waals surface area contributed by atoms with Crippen molar-refractivity contribution in [1.82, 2.24) is 4.90 Å². The molecule has 0 aromatic carbocycles. The van der Waals surface area contributed by atoms with E-state index in [9.17, 15) is 4.79 Å². The minimum atomic E-state index is 0.228. The molecular weight excluding hydrogens is 218 g/mol. The second kappa shape index (κ2) is 7.80. The van der Waals surface area contributed by atoms with Gasteiger partial charge in [-0.15, -0.1) is 0 Å². The van der Waals surface area contributed by atoms with E-state index in [1.165, 1.54) is 0 Å². The normalized spacial score (nSPS) is 22.4. The van der Waals surface area contributed by atoms with Crippen LogP contribution in [0.15, 0.2) is 0 Å². The molecule has 0 amide bonds. The van der Waals surface area contributed by atoms with E-state index in [4.69, 9.17) is 9.47 Å². The van der Waals surface area contributed by atoms with E-state index >= 15 is 0 Å². The van der Waals surface area contributed by atoms with Crippen LogP contribution in [0.4, 0.5) is 0 Å². The highest BCUT2D eigenvalue weighted by Gasteiger charge is 2.27. The Morgan fingerprint density at radius 3 is 2.71 bits per heavy atom. The van der Waals surface area contributed by atoms with Gasteiger partial charge in [0.05, 0.1) is 13.2 Å². The lowest BCUT2D eigenvalue weighted by atomic mass is 10.1. The van der Waals surface area contributed by atoms with E-state index in [0.717, 1.165) is 32.4 Å². The molecule has 100 valence electrons. The molecule has 4 heteroatoms. The molecule has 1 rings (SSSR count). The Morgan fingerprint density at radius 2 is 2.18 bits per heavy atom. The van der Waals surface area contributed by atoms with Crippen molar-refractivity contribution in [2.24, 2.45) is 5.92 Å². The summed E-state index contributed by atoms with van der Waals surface area (Å²) in [5, 5.41) is 0. The van der Waals surface area contributed by atoms with Crippen molar-refractivity contribution >= 4 is 5.78 Å². The molecule has 0 aromatic heterocycles. The maximum atomic E-state index is 11.7. The predicted octanol–water partition coefficient (Wildman–Crippen LogP) is 1.34. The van der Waals surface area contributed by atoms with E-state index in [1.54, 1.807) is 14.2 Å². The Labute approximate surface area is 104 Å². The van der Waals surface area contributed by atoms with E-state index in [-0.39, 0.29) is 5.92 Å². The van der Waals surface area contributed by atoms with E-state index in [1.807, 2.05) is 0 Å². The van der Waals surface area contributed by atoms with Crippen molar-refractivity contribution in [2.75, 3.05) is 40.5 Å². The Hall–Kier alpha value is -0.450. The van der Waals surface area contributed by atoms with Gasteiger partial charge in [0.25, 0.3) is 0 Å². The van der Waals surface area contributed by atoms with Crippen LogP contribution in [0, 0.1) is 5.92 Å². The lowest BCUT2D eigenvalue weighted by Gasteiger charge is -2.30. The average molecular weight is 243 g/mol. The lowest BCUT2D eigenvalue weighted by Crippen LogP contribution is -2.42. The van der Waals surface area contributed by atoms with Gasteiger partial charge in [0.1, 0.15) is 5.78 Å². The lowest BCUT2D eigenvalue weighted by molar-refractivity contribution is -0.121. The van der Waals surface area contributed by atoms with Crippen LogP contribution >= 0.6 is 0 Å². The van der Waals surface area contributed by atoms with Crippen LogP contribution in [-0.4, -0.2) is 57.2 Å². The zero-order valence-electron chi connectivity index (χ0n) is 11.3. The highest BCUT2D eigenvalue weighted by molar-refractivity contribution is 5.83. The average Bonchev–Trinajstić information content (AvgIpc) is 2.70. The molecule has 4 nitrogen and oxygen atoms in total. The SMILES string of the molecule is COCCN(CC1CCCC1=O)C(C)COC. The number of ether oxygens (including phenoxy) is 2. The molecule has 0 radical (unpaired) electrons. The van der Waals surface area contributed by atoms with Gasteiger partial charge >= 0.3 is 0 Å². The molecule has 0 aromatic rings. The summed E-state index contributed by atoms with van der Waals surface area (Å²) in [5.74, 6) is 0.656. The molecule has 2 atom stereocenters. The zero-order valence-corrected chi connectivity index (χ0v) is 11.3. The second-order valence-electron chi connectivity index (χ2n) is 4.85. The van der Waals surface area contributed by atoms with Crippen molar-refractivity contribution in [3.8, 4) is 0 Å². The van der Waals surface area contributed by atoms with Gasteiger partial charge in [-0.25, -0.2) is 0 Å². The Kier molecular flexibility index (Phi) is 6.70. The molecule has 1 aliphatic rings. The van der Waals surface area contributed by atoms with Gasteiger partial charge in [0, 0.05) is 45.7 Å². The monoisotopic (exact) mass is 243 g/mol. The van der Waals surface area contributed by atoms with Gasteiger partial charge in [-0.1, -0.05) is 0 Å². The highest BCUT2D eigenvalue weighted by Crippen LogP contribution is 2.22. The van der Waals surface area contributed by atoms with Crippen molar-refractivity contribution in [3.63, 3.8) is 0 Å². The van der Waals surface area contributed by atoms with Gasteiger partial charge in [-0.2, -0.15) is 0 Å². The number of nitrogens with zero attached hydrogens (tertiary/aromatic N) is 1. The number of ketones is 1. The first kappa shape index (κ1) is 14.6. The molecule has 0 bridgehead atoms. The predicted molar refractivity (Wildman–Crippen MR) is 67.1 cm³/mol. The van der Waals surface area contributed by atoms with Crippen LogP contribution in [0.2, 0.25) is 0 Å². The van der Waals surface area contributed by atoms with Gasteiger partial charge in [0.15, 0.2) is 0 Å². The van der Waals surface area contributed by atoms with Gasteiger partial charge in [-0.05, 0) is 19.8 Å². The van der Waals surface area contributed by atoms with Crippen LogP contribution in [0.25, 0.3) is 0 Å². The number of carbonyl (C=O) groups is 1. The molecule has 0 saturated heterocycles. The van der Waals surface area contributed by atoms with Gasteiger partial charge in [0.2, 0.25) is 0 Å². The van der Waals surface area contributed by atoms with Crippen molar-refractivity contribution < 1.29 is 14.3 Å². The number of rotatable bonds is 8. The number of carbonyl (C=O) groups excluding carboxylic acids is 1. The molecule has 0 spiro atoms. The fraction of sp³-hybridized carbons (Fsp3) is 0.923. The molecule has 0 aliphatic heterocycles. The second-order valence-corrected chi connectivity index (χ2v) is 4.85. The summed E-state index contributed by atoms with van der Waals surface area (Å²) >= 11 is 0. The third-order valence-corrected chi connectivity index (χ3v) is 3.50. The van der Waals surface area contributed by atoms with Crippen LogP contribution < -0.4 is 0 Å². The summed E-state index contributed by atoms with van der Waals surface area (Å²) in [6.07, 6.45) is 2.86. The number of methoxy groups -OCH3 is 2. The standard InChI is InChI=1S/C13H25NO3/c1-11(10-17-3)14(7-8-16-2)9-12-5-4-6-13(12)15/h11-12H,4-10H2,1-3H3. The molecule has 17 heavy (non-hydrogen) atoms. The Morgan fingerprint density at radius 1 is 1.41 bits per heavy atom. The molecule has 1 saturated carbocycles. The largest absolute Gasteiger partial charge is 0.383 e. The van der Waals surface area contributed by atoms with E-state index in [0.29, 0.717) is 25.0 Å². The van der Waals surface area contributed by atoms with Crippen LogP contribution in [-0.2, 0) is 14.3 Å². The molecular formula is C13H25NO3. The van der Waals surface area contributed by atoms with E-state index < -0.39 is 0 Å². The fourth-order valence-corrected chi connectivity index (χ4v) is 2.41. The maximum absolute atomic E-state index is 11.7. The van der Waals surface area contributed by atoms with Gasteiger partial charge < -0.3 is 9.47 Å². The molecule has 0 heterocycles. The summed E-state index contributed by atoms with van der Waals surface area (Å²) in [7, 11) is 3.42. The topological polar surface area (TPSA) is 38.8 Å². The highest BCUT2D eigenvalue weighted by atomic mass is 16.5. The van der Waals surface area contributed by atoms with Crippen LogP contribution in [0.3, 0.4) is 0 Å². The first-order valence-electron chi connectivity index (χ1n) is 6.43. The molecule has 1 fully saturated rings. The summed E-state index contributed by atoms with van der Waals surface area (Å²) in [6, 6.07) is 0.337. The molecule has 2 unspecified atom stereocenters. The summed E-state index contributed by atoms with van der Waals surface area (Å²) in [6.45, 7) is 5.26. The number of hydrogen-bond donors (Lipinski definition) is 0. The minimum absolute atomic E-state index is 0.228.